The zero-order valence-electron chi connectivity index (χ0n) is 9.16. The SMILES string of the molecule is COc1ccc(C(=O)N[C@H](C)CO)c(F)c1. The lowest BCUT2D eigenvalue weighted by Crippen LogP contribution is -2.35. The van der Waals surface area contributed by atoms with Crippen LogP contribution in [0, 0.1) is 5.82 Å². The van der Waals surface area contributed by atoms with Crippen molar-refractivity contribution in [1.82, 2.24) is 5.32 Å². The van der Waals surface area contributed by atoms with Gasteiger partial charge in [0.1, 0.15) is 11.6 Å². The molecule has 0 spiro atoms. The largest absolute Gasteiger partial charge is 0.497 e. The summed E-state index contributed by atoms with van der Waals surface area (Å²) in [6, 6.07) is 3.57. The standard InChI is InChI=1S/C11H14FNO3/c1-7(6-14)13-11(15)9-4-3-8(16-2)5-10(9)12/h3-5,7,14H,6H2,1-2H3,(H,13,15)/t7-/m1/s1. The van der Waals surface area contributed by atoms with Crippen LogP contribution in [0.2, 0.25) is 0 Å². The Hall–Kier alpha value is -1.62. The molecule has 0 aliphatic heterocycles. The molecule has 0 aliphatic carbocycles. The summed E-state index contributed by atoms with van der Waals surface area (Å²) in [5.74, 6) is -0.854. The van der Waals surface area contributed by atoms with Gasteiger partial charge in [-0.25, -0.2) is 4.39 Å². The van der Waals surface area contributed by atoms with E-state index in [1.807, 2.05) is 0 Å². The van der Waals surface area contributed by atoms with Gasteiger partial charge in [-0.1, -0.05) is 0 Å². The van der Waals surface area contributed by atoms with Gasteiger partial charge in [-0.3, -0.25) is 4.79 Å². The number of aliphatic hydroxyl groups is 1. The number of carbonyl (C=O) groups is 1. The fourth-order valence-corrected chi connectivity index (χ4v) is 1.15. The molecule has 0 saturated heterocycles. The zero-order chi connectivity index (χ0) is 12.1. The second-order valence-corrected chi connectivity index (χ2v) is 3.40. The molecule has 1 rings (SSSR count). The Kier molecular flexibility index (Phi) is 4.25. The number of amides is 1. The first-order chi connectivity index (χ1) is 7.58. The Morgan fingerprint density at radius 3 is 2.81 bits per heavy atom. The summed E-state index contributed by atoms with van der Waals surface area (Å²) in [4.78, 5) is 11.5. The predicted octanol–water partition coefficient (Wildman–Crippen LogP) is 0.945. The molecule has 5 heteroatoms. The predicted molar refractivity (Wildman–Crippen MR) is 57.0 cm³/mol. The lowest BCUT2D eigenvalue weighted by atomic mass is 10.2. The maximum atomic E-state index is 13.4. The molecule has 1 amide bonds. The van der Waals surface area contributed by atoms with Crippen LogP contribution in [-0.4, -0.2) is 30.8 Å². The Morgan fingerprint density at radius 2 is 2.31 bits per heavy atom. The minimum absolute atomic E-state index is 0.0684. The molecule has 2 N–H and O–H groups in total. The van der Waals surface area contributed by atoms with Crippen molar-refractivity contribution in [2.45, 2.75) is 13.0 Å². The van der Waals surface area contributed by atoms with Gasteiger partial charge in [0.25, 0.3) is 5.91 Å². The molecule has 0 bridgehead atoms. The van der Waals surface area contributed by atoms with Crippen molar-refractivity contribution in [3.05, 3.63) is 29.6 Å². The van der Waals surface area contributed by atoms with Gasteiger partial charge in [0.2, 0.25) is 0 Å². The first kappa shape index (κ1) is 12.4. The molecule has 0 heterocycles. The first-order valence-corrected chi connectivity index (χ1v) is 4.83. The van der Waals surface area contributed by atoms with Crippen LogP contribution >= 0.6 is 0 Å². The van der Waals surface area contributed by atoms with E-state index in [9.17, 15) is 9.18 Å². The van der Waals surface area contributed by atoms with E-state index in [1.54, 1.807) is 6.92 Å². The summed E-state index contributed by atoms with van der Waals surface area (Å²) >= 11 is 0. The van der Waals surface area contributed by atoms with Crippen LogP contribution in [0.25, 0.3) is 0 Å². The Bertz CT molecular complexity index is 381. The zero-order valence-corrected chi connectivity index (χ0v) is 9.16. The molecule has 0 radical (unpaired) electrons. The third kappa shape index (κ3) is 2.93. The van der Waals surface area contributed by atoms with Crippen LogP contribution in [0.5, 0.6) is 5.75 Å². The second kappa shape index (κ2) is 5.46. The molecular weight excluding hydrogens is 213 g/mol. The van der Waals surface area contributed by atoms with Crippen molar-refractivity contribution in [2.24, 2.45) is 0 Å². The normalized spacial score (nSPS) is 12.0. The average Bonchev–Trinajstić information content (AvgIpc) is 2.28. The van der Waals surface area contributed by atoms with E-state index in [0.717, 1.165) is 6.07 Å². The van der Waals surface area contributed by atoms with Crippen LogP contribution in [0.4, 0.5) is 4.39 Å². The molecule has 1 aromatic rings. The molecule has 0 aromatic heterocycles. The van der Waals surface area contributed by atoms with Crippen LogP contribution in [-0.2, 0) is 0 Å². The summed E-state index contributed by atoms with van der Waals surface area (Å²) in [5, 5.41) is 11.2. The topological polar surface area (TPSA) is 58.6 Å². The van der Waals surface area contributed by atoms with Gasteiger partial charge in [-0.15, -0.1) is 0 Å². The highest BCUT2D eigenvalue weighted by atomic mass is 19.1. The number of nitrogens with one attached hydrogen (secondary N) is 1. The van der Waals surface area contributed by atoms with Crippen molar-refractivity contribution >= 4 is 5.91 Å². The van der Waals surface area contributed by atoms with E-state index in [0.29, 0.717) is 5.75 Å². The number of hydrogen-bond donors (Lipinski definition) is 2. The number of rotatable bonds is 4. The molecule has 1 aromatic carbocycles. The van der Waals surface area contributed by atoms with Gasteiger partial charge in [0.05, 0.1) is 19.3 Å². The first-order valence-electron chi connectivity index (χ1n) is 4.83. The molecule has 1 atom stereocenters. The van der Waals surface area contributed by atoms with Crippen molar-refractivity contribution in [3.8, 4) is 5.75 Å². The summed E-state index contributed by atoms with van der Waals surface area (Å²) in [6.07, 6.45) is 0. The van der Waals surface area contributed by atoms with E-state index < -0.39 is 17.8 Å². The van der Waals surface area contributed by atoms with Gasteiger partial charge in [0.15, 0.2) is 0 Å². The molecule has 0 fully saturated rings. The molecule has 16 heavy (non-hydrogen) atoms. The van der Waals surface area contributed by atoms with E-state index >= 15 is 0 Å². The highest BCUT2D eigenvalue weighted by Crippen LogP contribution is 2.16. The van der Waals surface area contributed by atoms with Crippen molar-refractivity contribution in [1.29, 1.82) is 0 Å². The third-order valence-corrected chi connectivity index (χ3v) is 2.07. The van der Waals surface area contributed by atoms with Crippen LogP contribution in [0.3, 0.4) is 0 Å². The number of benzene rings is 1. The molecule has 88 valence electrons. The molecule has 4 nitrogen and oxygen atoms in total. The Balaban J connectivity index is 2.84. The lowest BCUT2D eigenvalue weighted by molar-refractivity contribution is 0.0918. The average molecular weight is 227 g/mol. The minimum atomic E-state index is -0.651. The number of carbonyl (C=O) groups excluding carboxylic acids is 1. The van der Waals surface area contributed by atoms with Gasteiger partial charge in [-0.2, -0.15) is 0 Å². The lowest BCUT2D eigenvalue weighted by Gasteiger charge is -2.11. The van der Waals surface area contributed by atoms with E-state index in [2.05, 4.69) is 5.32 Å². The van der Waals surface area contributed by atoms with Gasteiger partial charge >= 0.3 is 0 Å². The maximum Gasteiger partial charge on any atom is 0.254 e. The van der Waals surface area contributed by atoms with E-state index in [4.69, 9.17) is 9.84 Å². The summed E-state index contributed by atoms with van der Waals surface area (Å²) in [5.41, 5.74) is -0.0684. The number of ether oxygens (including phenoxy) is 1. The van der Waals surface area contributed by atoms with Crippen LogP contribution in [0.1, 0.15) is 17.3 Å². The van der Waals surface area contributed by atoms with Gasteiger partial charge < -0.3 is 15.2 Å². The molecular formula is C11H14FNO3. The maximum absolute atomic E-state index is 13.4. The molecule has 0 unspecified atom stereocenters. The number of halogens is 1. The fraction of sp³-hybridized carbons (Fsp3) is 0.364. The van der Waals surface area contributed by atoms with Crippen molar-refractivity contribution < 1.29 is 19.0 Å². The van der Waals surface area contributed by atoms with Crippen LogP contribution < -0.4 is 10.1 Å². The minimum Gasteiger partial charge on any atom is -0.497 e. The van der Waals surface area contributed by atoms with Crippen LogP contribution in [0.15, 0.2) is 18.2 Å². The Labute approximate surface area is 93.0 Å². The monoisotopic (exact) mass is 227 g/mol. The second-order valence-electron chi connectivity index (χ2n) is 3.40. The van der Waals surface area contributed by atoms with Gasteiger partial charge in [-0.05, 0) is 19.1 Å². The third-order valence-electron chi connectivity index (χ3n) is 2.07. The highest BCUT2D eigenvalue weighted by Gasteiger charge is 2.14. The number of hydrogen-bond acceptors (Lipinski definition) is 3. The number of aliphatic hydroxyl groups excluding tert-OH is 1. The molecule has 0 saturated carbocycles. The van der Waals surface area contributed by atoms with Gasteiger partial charge in [0, 0.05) is 12.1 Å². The fourth-order valence-electron chi connectivity index (χ4n) is 1.15. The highest BCUT2D eigenvalue weighted by molar-refractivity contribution is 5.94. The summed E-state index contributed by atoms with van der Waals surface area (Å²) < 4.78 is 18.3. The quantitative estimate of drug-likeness (QED) is 0.805. The van der Waals surface area contributed by atoms with Crippen molar-refractivity contribution in [2.75, 3.05) is 13.7 Å². The smallest absolute Gasteiger partial charge is 0.254 e. The van der Waals surface area contributed by atoms with E-state index in [1.165, 1.54) is 19.2 Å². The van der Waals surface area contributed by atoms with E-state index in [-0.39, 0.29) is 12.2 Å². The Morgan fingerprint density at radius 1 is 1.62 bits per heavy atom. The summed E-state index contributed by atoms with van der Waals surface area (Å²) in [7, 11) is 1.42. The number of methoxy groups -OCH3 is 1. The summed E-state index contributed by atoms with van der Waals surface area (Å²) in [6.45, 7) is 1.43. The van der Waals surface area contributed by atoms with Crippen molar-refractivity contribution in [3.63, 3.8) is 0 Å². The molecule has 0 aliphatic rings.